The summed E-state index contributed by atoms with van der Waals surface area (Å²) in [5, 5.41) is 0. The van der Waals surface area contributed by atoms with E-state index in [9.17, 15) is 0 Å². The second-order valence-electron chi connectivity index (χ2n) is 5.54. The fourth-order valence-corrected chi connectivity index (χ4v) is 2.70. The van der Waals surface area contributed by atoms with Crippen LogP contribution in [0.25, 0.3) is 0 Å². The molecule has 5 nitrogen and oxygen atoms in total. The summed E-state index contributed by atoms with van der Waals surface area (Å²) in [7, 11) is 2.15. The van der Waals surface area contributed by atoms with Crippen LogP contribution in [0.15, 0.2) is 30.6 Å². The predicted molar refractivity (Wildman–Crippen MR) is 80.9 cm³/mol. The lowest BCUT2D eigenvalue weighted by atomic mass is 10.2. The Kier molecular flexibility index (Phi) is 4.31. The van der Waals surface area contributed by atoms with Crippen molar-refractivity contribution in [3.63, 3.8) is 0 Å². The molecule has 21 heavy (non-hydrogen) atoms. The van der Waals surface area contributed by atoms with Crippen molar-refractivity contribution in [1.29, 1.82) is 0 Å². The van der Waals surface area contributed by atoms with Gasteiger partial charge in [-0.2, -0.15) is 0 Å². The first kappa shape index (κ1) is 14.2. The van der Waals surface area contributed by atoms with E-state index < -0.39 is 0 Å². The van der Waals surface area contributed by atoms with Gasteiger partial charge in [0.15, 0.2) is 0 Å². The first-order valence-electron chi connectivity index (χ1n) is 7.48. The number of hydrogen-bond acceptors (Lipinski definition) is 4. The molecule has 0 radical (unpaired) electrons. The van der Waals surface area contributed by atoms with E-state index in [2.05, 4.69) is 33.4 Å². The third kappa shape index (κ3) is 3.14. The lowest BCUT2D eigenvalue weighted by molar-refractivity contribution is 0.119. The molecule has 2 aromatic rings. The second kappa shape index (κ2) is 6.37. The topological polar surface area (TPSA) is 43.2 Å². The molecule has 0 N–H and O–H groups in total. The Balaban J connectivity index is 1.54. The maximum atomic E-state index is 5.72. The van der Waals surface area contributed by atoms with Crippen molar-refractivity contribution in [2.45, 2.75) is 32.5 Å². The third-order valence-electron chi connectivity index (χ3n) is 4.16. The van der Waals surface area contributed by atoms with E-state index in [0.29, 0.717) is 19.3 Å². The van der Waals surface area contributed by atoms with Crippen molar-refractivity contribution in [2.75, 3.05) is 20.2 Å². The van der Waals surface area contributed by atoms with Crippen LogP contribution in [0.5, 0.6) is 0 Å². The average molecular weight is 286 g/mol. The number of aromatic nitrogens is 3. The van der Waals surface area contributed by atoms with Crippen molar-refractivity contribution in [3.05, 3.63) is 47.8 Å². The van der Waals surface area contributed by atoms with Crippen LogP contribution in [0.3, 0.4) is 0 Å². The van der Waals surface area contributed by atoms with Crippen molar-refractivity contribution in [1.82, 2.24) is 19.4 Å². The second-order valence-corrected chi connectivity index (χ2v) is 5.54. The van der Waals surface area contributed by atoms with Crippen molar-refractivity contribution in [2.24, 2.45) is 0 Å². The predicted octanol–water partition coefficient (Wildman–Crippen LogP) is 2.04. The summed E-state index contributed by atoms with van der Waals surface area (Å²) in [5.41, 5.74) is 2.24. The Morgan fingerprint density at radius 2 is 2.19 bits per heavy atom. The van der Waals surface area contributed by atoms with E-state index in [-0.39, 0.29) is 0 Å². The van der Waals surface area contributed by atoms with Crippen molar-refractivity contribution in [3.8, 4) is 0 Å². The number of nitrogens with zero attached hydrogens (tertiary/aromatic N) is 4. The quantitative estimate of drug-likeness (QED) is 0.789. The summed E-state index contributed by atoms with van der Waals surface area (Å²) >= 11 is 0. The van der Waals surface area contributed by atoms with E-state index in [1.807, 2.05) is 24.4 Å². The summed E-state index contributed by atoms with van der Waals surface area (Å²) in [6, 6.07) is 6.27. The van der Waals surface area contributed by atoms with Crippen LogP contribution in [0.1, 0.15) is 30.2 Å². The third-order valence-corrected chi connectivity index (χ3v) is 4.16. The zero-order chi connectivity index (χ0) is 14.7. The van der Waals surface area contributed by atoms with E-state index in [1.54, 1.807) is 6.20 Å². The molecular formula is C16H22N4O. The number of fused-ring (bicyclic) bond motifs is 1. The molecule has 5 heteroatoms. The van der Waals surface area contributed by atoms with Crippen LogP contribution < -0.4 is 0 Å². The van der Waals surface area contributed by atoms with Crippen LogP contribution in [0, 0.1) is 0 Å². The van der Waals surface area contributed by atoms with Crippen LogP contribution in [-0.4, -0.2) is 39.6 Å². The molecule has 1 atom stereocenters. The highest BCUT2D eigenvalue weighted by molar-refractivity contribution is 5.11. The Hall–Kier alpha value is -1.72. The molecular weight excluding hydrogens is 264 g/mol. The van der Waals surface area contributed by atoms with Gasteiger partial charge in [-0.1, -0.05) is 6.07 Å². The van der Waals surface area contributed by atoms with Crippen LogP contribution in [0.2, 0.25) is 0 Å². The van der Waals surface area contributed by atoms with Gasteiger partial charge >= 0.3 is 0 Å². The first-order chi connectivity index (χ1) is 10.3. The minimum atomic E-state index is 0.391. The summed E-state index contributed by atoms with van der Waals surface area (Å²) in [6.45, 7) is 5.57. The molecule has 0 saturated carbocycles. The molecule has 1 aliphatic rings. The normalized spacial score (nSPS) is 18.7. The Morgan fingerprint density at radius 1 is 1.29 bits per heavy atom. The molecule has 0 spiro atoms. The number of pyridine rings is 1. The van der Waals surface area contributed by atoms with Crippen molar-refractivity contribution < 1.29 is 4.74 Å². The molecule has 0 amide bonds. The maximum absolute atomic E-state index is 5.72. The van der Waals surface area contributed by atoms with Crippen LogP contribution >= 0.6 is 0 Å². The highest BCUT2D eigenvalue weighted by atomic mass is 16.5. The summed E-state index contributed by atoms with van der Waals surface area (Å²) in [6.07, 6.45) is 4.69. The number of imidazole rings is 1. The van der Waals surface area contributed by atoms with Gasteiger partial charge in [-0.25, -0.2) is 4.98 Å². The van der Waals surface area contributed by atoms with Crippen LogP contribution in [0.4, 0.5) is 0 Å². The lowest BCUT2D eigenvalue weighted by Gasteiger charge is -2.31. The Morgan fingerprint density at radius 3 is 3.00 bits per heavy atom. The van der Waals surface area contributed by atoms with Gasteiger partial charge in [0.2, 0.25) is 0 Å². The number of hydrogen-bond donors (Lipinski definition) is 0. The molecule has 0 fully saturated rings. The SMILES string of the molecule is C[C@H]1c2ncc(CCOCc3ccccn3)n2CCN1C. The largest absolute Gasteiger partial charge is 0.375 e. The minimum Gasteiger partial charge on any atom is -0.375 e. The number of likely N-dealkylation sites (N-methyl/N-ethyl adjacent to an activating group) is 1. The lowest BCUT2D eigenvalue weighted by Crippen LogP contribution is -2.34. The fourth-order valence-electron chi connectivity index (χ4n) is 2.70. The summed E-state index contributed by atoms with van der Waals surface area (Å²) in [5.74, 6) is 1.17. The van der Waals surface area contributed by atoms with Crippen molar-refractivity contribution >= 4 is 0 Å². The van der Waals surface area contributed by atoms with E-state index in [4.69, 9.17) is 4.74 Å². The smallest absolute Gasteiger partial charge is 0.126 e. The minimum absolute atomic E-state index is 0.391. The van der Waals surface area contributed by atoms with Gasteiger partial charge in [0, 0.05) is 37.6 Å². The maximum Gasteiger partial charge on any atom is 0.126 e. The molecule has 2 aromatic heterocycles. The molecule has 0 aliphatic carbocycles. The molecule has 3 heterocycles. The van der Waals surface area contributed by atoms with Gasteiger partial charge in [0.1, 0.15) is 5.82 Å². The molecule has 112 valence electrons. The van der Waals surface area contributed by atoms with Gasteiger partial charge < -0.3 is 9.30 Å². The number of rotatable bonds is 5. The van der Waals surface area contributed by atoms with Gasteiger partial charge in [-0.05, 0) is 26.1 Å². The zero-order valence-corrected chi connectivity index (χ0v) is 12.7. The van der Waals surface area contributed by atoms with E-state index in [1.165, 1.54) is 11.5 Å². The molecule has 0 aromatic carbocycles. The molecule has 1 aliphatic heterocycles. The van der Waals surface area contributed by atoms with Crippen LogP contribution in [-0.2, 0) is 24.3 Å². The summed E-state index contributed by atoms with van der Waals surface area (Å²) < 4.78 is 8.06. The average Bonchev–Trinajstić information content (AvgIpc) is 2.92. The van der Waals surface area contributed by atoms with Gasteiger partial charge in [-0.15, -0.1) is 0 Å². The zero-order valence-electron chi connectivity index (χ0n) is 12.7. The van der Waals surface area contributed by atoms with Gasteiger partial charge in [0.05, 0.1) is 24.9 Å². The van der Waals surface area contributed by atoms with Gasteiger partial charge in [0.25, 0.3) is 0 Å². The monoisotopic (exact) mass is 286 g/mol. The molecule has 0 bridgehead atoms. The van der Waals surface area contributed by atoms with E-state index >= 15 is 0 Å². The highest BCUT2D eigenvalue weighted by Gasteiger charge is 2.23. The standard InChI is InChI=1S/C16H22N4O/c1-13-16-18-11-15(20(16)9-8-19(13)2)6-10-21-12-14-5-3-4-7-17-14/h3-5,7,11,13H,6,8-10,12H2,1-2H3/t13-/m0/s1. The number of ether oxygens (including phenoxy) is 1. The van der Waals surface area contributed by atoms with E-state index in [0.717, 1.165) is 25.2 Å². The van der Waals surface area contributed by atoms with Gasteiger partial charge in [-0.3, -0.25) is 9.88 Å². The first-order valence-corrected chi connectivity index (χ1v) is 7.48. The Labute approximate surface area is 125 Å². The summed E-state index contributed by atoms with van der Waals surface area (Å²) in [4.78, 5) is 11.2. The fraction of sp³-hybridized carbons (Fsp3) is 0.500. The highest BCUT2D eigenvalue weighted by Crippen LogP contribution is 2.23. The molecule has 0 saturated heterocycles. The molecule has 3 rings (SSSR count). The molecule has 0 unspecified atom stereocenters. The Bertz CT molecular complexity index is 581.